The number of rotatable bonds is 3. The van der Waals surface area contributed by atoms with E-state index in [2.05, 4.69) is 5.10 Å². The highest BCUT2D eigenvalue weighted by molar-refractivity contribution is 7.99. The number of hydrogen-bond donors (Lipinski definition) is 0. The molecule has 2 heterocycles. The molecule has 1 fully saturated rings. The Morgan fingerprint density at radius 3 is 2.67 bits per heavy atom. The van der Waals surface area contributed by atoms with Crippen molar-refractivity contribution < 1.29 is 9.21 Å². The van der Waals surface area contributed by atoms with Gasteiger partial charge in [-0.15, -0.1) is 5.10 Å². The first-order chi connectivity index (χ1) is 10.2. The molecule has 0 bridgehead atoms. The second kappa shape index (κ2) is 6.17. The van der Waals surface area contributed by atoms with Gasteiger partial charge in [0.1, 0.15) is 6.54 Å². The zero-order valence-electron chi connectivity index (χ0n) is 11.4. The lowest BCUT2D eigenvalue weighted by atomic mass is 10.2. The second-order valence-corrected chi connectivity index (χ2v) is 5.91. The highest BCUT2D eigenvalue weighted by Gasteiger charge is 2.19. The average molecular weight is 305 g/mol. The summed E-state index contributed by atoms with van der Waals surface area (Å²) in [6, 6.07) is 9.16. The fraction of sp³-hybridized carbons (Fsp3) is 0.357. The van der Waals surface area contributed by atoms with Crippen molar-refractivity contribution in [3.63, 3.8) is 0 Å². The number of amides is 1. The molecule has 21 heavy (non-hydrogen) atoms. The lowest BCUT2D eigenvalue weighted by molar-refractivity contribution is -0.131. The maximum atomic E-state index is 12.1. The van der Waals surface area contributed by atoms with Gasteiger partial charge in [-0.25, -0.2) is 4.79 Å². The maximum Gasteiger partial charge on any atom is 0.437 e. The summed E-state index contributed by atoms with van der Waals surface area (Å²) in [7, 11) is 0. The van der Waals surface area contributed by atoms with Gasteiger partial charge in [-0.3, -0.25) is 4.79 Å². The highest BCUT2D eigenvalue weighted by atomic mass is 32.2. The van der Waals surface area contributed by atoms with E-state index in [1.165, 1.54) is 0 Å². The normalized spacial score (nSPS) is 15.1. The average Bonchev–Trinajstić information content (AvgIpc) is 2.90. The third-order valence-corrected chi connectivity index (χ3v) is 4.22. The molecule has 0 radical (unpaired) electrons. The topological polar surface area (TPSA) is 68.3 Å². The molecule has 0 atom stereocenters. The van der Waals surface area contributed by atoms with E-state index in [1.807, 2.05) is 30.0 Å². The summed E-state index contributed by atoms with van der Waals surface area (Å²) in [5.41, 5.74) is 0.718. The summed E-state index contributed by atoms with van der Waals surface area (Å²) < 4.78 is 6.20. The van der Waals surface area contributed by atoms with Crippen molar-refractivity contribution in [1.29, 1.82) is 0 Å². The van der Waals surface area contributed by atoms with Gasteiger partial charge in [0.25, 0.3) is 0 Å². The Balaban J connectivity index is 1.76. The SMILES string of the molecule is O=C(Cn1nc(-c2ccccc2)oc1=O)N1CCSCC1. The highest BCUT2D eigenvalue weighted by Crippen LogP contribution is 2.14. The molecule has 0 N–H and O–H groups in total. The first-order valence-electron chi connectivity index (χ1n) is 6.73. The van der Waals surface area contributed by atoms with E-state index < -0.39 is 5.76 Å². The summed E-state index contributed by atoms with van der Waals surface area (Å²) >= 11 is 1.83. The first kappa shape index (κ1) is 13.9. The van der Waals surface area contributed by atoms with Gasteiger partial charge in [-0.05, 0) is 12.1 Å². The van der Waals surface area contributed by atoms with Crippen molar-refractivity contribution in [1.82, 2.24) is 14.7 Å². The Bertz CT molecular complexity index is 674. The van der Waals surface area contributed by atoms with Gasteiger partial charge in [0.15, 0.2) is 0 Å². The van der Waals surface area contributed by atoms with Crippen LogP contribution in [-0.4, -0.2) is 45.2 Å². The van der Waals surface area contributed by atoms with Crippen molar-refractivity contribution in [2.24, 2.45) is 0 Å². The first-order valence-corrected chi connectivity index (χ1v) is 7.88. The Labute approximate surface area is 125 Å². The zero-order chi connectivity index (χ0) is 14.7. The number of carbonyl (C=O) groups is 1. The summed E-state index contributed by atoms with van der Waals surface area (Å²) in [4.78, 5) is 25.7. The van der Waals surface area contributed by atoms with E-state index in [-0.39, 0.29) is 18.3 Å². The molecule has 3 rings (SSSR count). The number of thioether (sulfide) groups is 1. The number of hydrogen-bond acceptors (Lipinski definition) is 5. The molecule has 1 amide bonds. The Hall–Kier alpha value is -2.02. The van der Waals surface area contributed by atoms with E-state index in [0.717, 1.165) is 34.8 Å². The van der Waals surface area contributed by atoms with Crippen molar-refractivity contribution >= 4 is 17.7 Å². The van der Waals surface area contributed by atoms with Crippen molar-refractivity contribution in [2.75, 3.05) is 24.6 Å². The van der Waals surface area contributed by atoms with Gasteiger partial charge in [0.05, 0.1) is 0 Å². The van der Waals surface area contributed by atoms with Crippen LogP contribution in [0, 0.1) is 0 Å². The fourth-order valence-corrected chi connectivity index (χ4v) is 3.05. The summed E-state index contributed by atoms with van der Waals surface area (Å²) in [5.74, 6) is 1.42. The van der Waals surface area contributed by atoms with Crippen LogP contribution in [0.5, 0.6) is 0 Å². The van der Waals surface area contributed by atoms with Gasteiger partial charge in [-0.2, -0.15) is 16.4 Å². The van der Waals surface area contributed by atoms with Gasteiger partial charge in [0.2, 0.25) is 11.8 Å². The molecule has 1 aliphatic heterocycles. The molecule has 6 nitrogen and oxygen atoms in total. The Morgan fingerprint density at radius 1 is 1.24 bits per heavy atom. The molecular formula is C14H15N3O3S. The minimum atomic E-state index is -0.603. The van der Waals surface area contributed by atoms with Crippen molar-refractivity contribution in [3.8, 4) is 11.5 Å². The molecule has 7 heteroatoms. The third-order valence-electron chi connectivity index (χ3n) is 3.28. The summed E-state index contributed by atoms with van der Waals surface area (Å²) in [6.07, 6.45) is 0. The van der Waals surface area contributed by atoms with Crippen LogP contribution in [0.3, 0.4) is 0 Å². The maximum absolute atomic E-state index is 12.1. The van der Waals surface area contributed by atoms with Crippen LogP contribution in [0.25, 0.3) is 11.5 Å². The van der Waals surface area contributed by atoms with E-state index in [1.54, 1.807) is 17.0 Å². The zero-order valence-corrected chi connectivity index (χ0v) is 12.2. The molecule has 1 aliphatic rings. The van der Waals surface area contributed by atoms with Gasteiger partial charge < -0.3 is 9.32 Å². The predicted octanol–water partition coefficient (Wildman–Crippen LogP) is 1.08. The smallest absolute Gasteiger partial charge is 0.388 e. The molecule has 0 unspecified atom stereocenters. The van der Waals surface area contributed by atoms with Crippen LogP contribution in [0.4, 0.5) is 0 Å². The molecule has 2 aromatic rings. The van der Waals surface area contributed by atoms with E-state index in [0.29, 0.717) is 0 Å². The standard InChI is InChI=1S/C14H15N3O3S/c18-12(16-6-8-21-9-7-16)10-17-14(19)20-13(15-17)11-4-2-1-3-5-11/h1-5H,6-10H2. The van der Waals surface area contributed by atoms with Gasteiger partial charge in [0, 0.05) is 30.2 Å². The largest absolute Gasteiger partial charge is 0.437 e. The van der Waals surface area contributed by atoms with E-state index in [4.69, 9.17) is 4.42 Å². The Kier molecular flexibility index (Phi) is 4.10. The molecule has 1 aromatic carbocycles. The molecular weight excluding hydrogens is 290 g/mol. The molecule has 1 aromatic heterocycles. The van der Waals surface area contributed by atoms with Crippen LogP contribution in [0.2, 0.25) is 0 Å². The number of carbonyl (C=O) groups excluding carboxylic acids is 1. The molecule has 110 valence electrons. The minimum Gasteiger partial charge on any atom is -0.388 e. The summed E-state index contributed by atoms with van der Waals surface area (Å²) in [6.45, 7) is 1.38. The fourth-order valence-electron chi connectivity index (χ4n) is 2.14. The van der Waals surface area contributed by atoms with Crippen LogP contribution < -0.4 is 5.76 Å². The van der Waals surface area contributed by atoms with Gasteiger partial charge >= 0.3 is 5.76 Å². The predicted molar refractivity (Wildman–Crippen MR) is 80.1 cm³/mol. The third kappa shape index (κ3) is 3.18. The lowest BCUT2D eigenvalue weighted by Crippen LogP contribution is -2.41. The van der Waals surface area contributed by atoms with Crippen molar-refractivity contribution in [2.45, 2.75) is 6.54 Å². The Morgan fingerprint density at radius 2 is 1.95 bits per heavy atom. The van der Waals surface area contributed by atoms with E-state index in [9.17, 15) is 9.59 Å². The number of benzene rings is 1. The van der Waals surface area contributed by atoms with E-state index >= 15 is 0 Å². The number of aromatic nitrogens is 2. The van der Waals surface area contributed by atoms with Gasteiger partial charge in [-0.1, -0.05) is 18.2 Å². The monoisotopic (exact) mass is 305 g/mol. The number of nitrogens with zero attached hydrogens (tertiary/aromatic N) is 3. The molecule has 0 spiro atoms. The lowest BCUT2D eigenvalue weighted by Gasteiger charge is -2.26. The quantitative estimate of drug-likeness (QED) is 0.849. The van der Waals surface area contributed by atoms with Crippen LogP contribution in [-0.2, 0) is 11.3 Å². The minimum absolute atomic E-state index is 0.0696. The van der Waals surface area contributed by atoms with Crippen LogP contribution in [0.15, 0.2) is 39.5 Å². The van der Waals surface area contributed by atoms with Crippen molar-refractivity contribution in [3.05, 3.63) is 40.9 Å². The van der Waals surface area contributed by atoms with Crippen LogP contribution >= 0.6 is 11.8 Å². The molecule has 0 saturated carbocycles. The van der Waals surface area contributed by atoms with Crippen LogP contribution in [0.1, 0.15) is 0 Å². The molecule has 1 saturated heterocycles. The second-order valence-electron chi connectivity index (χ2n) is 4.69. The molecule has 0 aliphatic carbocycles. The summed E-state index contributed by atoms with van der Waals surface area (Å²) in [5, 5.41) is 4.10.